The van der Waals surface area contributed by atoms with Crippen LogP contribution in [0, 0.1) is 0 Å². The number of hydrogen-bond acceptors (Lipinski definition) is 2. The number of rotatable bonds is 3. The van der Waals surface area contributed by atoms with E-state index in [1.807, 2.05) is 0 Å². The smallest absolute Gasteiger partial charge is 0.0116 e. The third-order valence-electron chi connectivity index (χ3n) is 3.88. The summed E-state index contributed by atoms with van der Waals surface area (Å²) in [7, 11) is 0. The summed E-state index contributed by atoms with van der Waals surface area (Å²) < 4.78 is 0. The molecule has 0 aliphatic carbocycles. The molecule has 2 atom stereocenters. The SMILES string of the molecule is CCNC1CC2CCC(C1)N2C(C)C. The molecule has 0 aromatic heterocycles. The fourth-order valence-electron chi connectivity index (χ4n) is 3.51. The number of hydrogen-bond donors (Lipinski definition) is 1. The molecule has 82 valence electrons. The third-order valence-corrected chi connectivity index (χ3v) is 3.88. The van der Waals surface area contributed by atoms with Crippen LogP contribution >= 0.6 is 0 Å². The molecule has 2 heteroatoms. The molecule has 0 saturated carbocycles. The third kappa shape index (κ3) is 1.82. The standard InChI is InChI=1S/C12H24N2/c1-4-13-10-7-11-5-6-12(8-10)14(11)9(2)3/h9-13H,4-8H2,1-3H3. The largest absolute Gasteiger partial charge is 0.314 e. The lowest BCUT2D eigenvalue weighted by atomic mass is 9.96. The number of nitrogens with one attached hydrogen (secondary N) is 1. The second kappa shape index (κ2) is 4.19. The molecule has 0 aromatic carbocycles. The van der Waals surface area contributed by atoms with Gasteiger partial charge in [-0.2, -0.15) is 0 Å². The van der Waals surface area contributed by atoms with Gasteiger partial charge in [0.05, 0.1) is 0 Å². The first-order valence-corrected chi connectivity index (χ1v) is 6.23. The van der Waals surface area contributed by atoms with Crippen LogP contribution in [0.1, 0.15) is 46.5 Å². The van der Waals surface area contributed by atoms with Crippen LogP contribution in [0.4, 0.5) is 0 Å². The van der Waals surface area contributed by atoms with Crippen LogP contribution in [-0.4, -0.2) is 35.6 Å². The molecule has 2 bridgehead atoms. The van der Waals surface area contributed by atoms with E-state index in [1.165, 1.54) is 25.7 Å². The average Bonchev–Trinajstić information content (AvgIpc) is 2.39. The predicted molar refractivity (Wildman–Crippen MR) is 60.5 cm³/mol. The van der Waals surface area contributed by atoms with Gasteiger partial charge < -0.3 is 5.32 Å². The molecule has 2 nitrogen and oxygen atoms in total. The van der Waals surface area contributed by atoms with E-state index >= 15 is 0 Å². The van der Waals surface area contributed by atoms with E-state index in [1.54, 1.807) is 0 Å². The Morgan fingerprint density at radius 3 is 2.21 bits per heavy atom. The minimum absolute atomic E-state index is 0.745. The number of piperidine rings is 1. The highest BCUT2D eigenvalue weighted by Gasteiger charge is 2.41. The minimum atomic E-state index is 0.745. The first-order valence-electron chi connectivity index (χ1n) is 6.23. The molecule has 0 radical (unpaired) electrons. The van der Waals surface area contributed by atoms with Crippen LogP contribution in [0.25, 0.3) is 0 Å². The van der Waals surface area contributed by atoms with Crippen LogP contribution in [0.2, 0.25) is 0 Å². The second-order valence-electron chi connectivity index (χ2n) is 5.15. The average molecular weight is 196 g/mol. The Bertz CT molecular complexity index is 177. The topological polar surface area (TPSA) is 15.3 Å². The molecule has 2 unspecified atom stereocenters. The van der Waals surface area contributed by atoms with Gasteiger partial charge in [-0.25, -0.2) is 0 Å². The molecule has 2 aliphatic rings. The van der Waals surface area contributed by atoms with Gasteiger partial charge in [-0.15, -0.1) is 0 Å². The van der Waals surface area contributed by atoms with E-state index in [4.69, 9.17) is 0 Å². The molecular weight excluding hydrogens is 172 g/mol. The van der Waals surface area contributed by atoms with E-state index < -0.39 is 0 Å². The first-order chi connectivity index (χ1) is 6.72. The van der Waals surface area contributed by atoms with Crippen molar-refractivity contribution in [2.45, 2.75) is 70.6 Å². The lowest BCUT2D eigenvalue weighted by Gasteiger charge is -2.41. The normalized spacial score (nSPS) is 38.1. The van der Waals surface area contributed by atoms with Crippen molar-refractivity contribution < 1.29 is 0 Å². The Morgan fingerprint density at radius 2 is 1.79 bits per heavy atom. The highest BCUT2D eigenvalue weighted by molar-refractivity contribution is 4.98. The summed E-state index contributed by atoms with van der Waals surface area (Å²) in [6.45, 7) is 8.04. The lowest BCUT2D eigenvalue weighted by Crippen LogP contribution is -2.51. The summed E-state index contributed by atoms with van der Waals surface area (Å²) >= 11 is 0. The van der Waals surface area contributed by atoms with Crippen LogP contribution in [0.15, 0.2) is 0 Å². The first kappa shape index (κ1) is 10.4. The summed E-state index contributed by atoms with van der Waals surface area (Å²) in [5, 5.41) is 3.62. The molecule has 14 heavy (non-hydrogen) atoms. The van der Waals surface area contributed by atoms with Gasteiger partial charge in [0.2, 0.25) is 0 Å². The highest BCUT2D eigenvalue weighted by Crippen LogP contribution is 2.36. The van der Waals surface area contributed by atoms with Gasteiger partial charge >= 0.3 is 0 Å². The van der Waals surface area contributed by atoms with Crippen molar-refractivity contribution in [2.24, 2.45) is 0 Å². The Hall–Kier alpha value is -0.0800. The zero-order valence-electron chi connectivity index (χ0n) is 9.79. The molecule has 2 saturated heterocycles. The van der Waals surface area contributed by atoms with Gasteiger partial charge in [-0.05, 0) is 46.1 Å². The Kier molecular flexibility index (Phi) is 3.13. The maximum atomic E-state index is 3.62. The summed E-state index contributed by atoms with van der Waals surface area (Å²) in [5.74, 6) is 0. The predicted octanol–water partition coefficient (Wildman–Crippen LogP) is 2.00. The zero-order valence-corrected chi connectivity index (χ0v) is 9.79. The molecule has 2 heterocycles. The molecule has 2 aliphatic heterocycles. The fraction of sp³-hybridized carbons (Fsp3) is 1.00. The Morgan fingerprint density at radius 1 is 1.21 bits per heavy atom. The summed E-state index contributed by atoms with van der Waals surface area (Å²) in [6, 6.07) is 3.29. The summed E-state index contributed by atoms with van der Waals surface area (Å²) in [4.78, 5) is 2.76. The minimum Gasteiger partial charge on any atom is -0.314 e. The zero-order chi connectivity index (χ0) is 10.1. The van der Waals surface area contributed by atoms with E-state index in [0.29, 0.717) is 0 Å². The Balaban J connectivity index is 1.97. The maximum absolute atomic E-state index is 3.62. The van der Waals surface area contributed by atoms with Gasteiger partial charge in [-0.3, -0.25) is 4.90 Å². The van der Waals surface area contributed by atoms with Gasteiger partial charge in [0.25, 0.3) is 0 Å². The fourth-order valence-corrected chi connectivity index (χ4v) is 3.51. The van der Waals surface area contributed by atoms with Gasteiger partial charge in [-0.1, -0.05) is 6.92 Å². The van der Waals surface area contributed by atoms with Gasteiger partial charge in [0, 0.05) is 24.2 Å². The van der Waals surface area contributed by atoms with E-state index in [-0.39, 0.29) is 0 Å². The van der Waals surface area contributed by atoms with E-state index in [9.17, 15) is 0 Å². The van der Waals surface area contributed by atoms with Crippen molar-refractivity contribution in [3.05, 3.63) is 0 Å². The second-order valence-corrected chi connectivity index (χ2v) is 5.15. The van der Waals surface area contributed by atoms with Gasteiger partial charge in [0.1, 0.15) is 0 Å². The van der Waals surface area contributed by atoms with E-state index in [2.05, 4.69) is 31.0 Å². The molecule has 1 N–H and O–H groups in total. The van der Waals surface area contributed by atoms with Crippen LogP contribution in [-0.2, 0) is 0 Å². The molecule has 0 spiro atoms. The Labute approximate surface area is 88.1 Å². The highest BCUT2D eigenvalue weighted by atomic mass is 15.2. The molecule has 2 rings (SSSR count). The monoisotopic (exact) mass is 196 g/mol. The molecule has 0 aromatic rings. The van der Waals surface area contributed by atoms with E-state index in [0.717, 1.165) is 30.7 Å². The number of fused-ring (bicyclic) bond motifs is 2. The van der Waals surface area contributed by atoms with Gasteiger partial charge in [0.15, 0.2) is 0 Å². The molecule has 2 fully saturated rings. The van der Waals surface area contributed by atoms with Crippen molar-refractivity contribution in [1.29, 1.82) is 0 Å². The van der Waals surface area contributed by atoms with Crippen LogP contribution in [0.5, 0.6) is 0 Å². The summed E-state index contributed by atoms with van der Waals surface area (Å²) in [6.07, 6.45) is 5.63. The van der Waals surface area contributed by atoms with Crippen molar-refractivity contribution in [3.63, 3.8) is 0 Å². The van der Waals surface area contributed by atoms with Crippen molar-refractivity contribution >= 4 is 0 Å². The lowest BCUT2D eigenvalue weighted by molar-refractivity contribution is 0.0855. The van der Waals surface area contributed by atoms with Crippen molar-refractivity contribution in [2.75, 3.05) is 6.54 Å². The van der Waals surface area contributed by atoms with Crippen molar-refractivity contribution in [3.8, 4) is 0 Å². The quantitative estimate of drug-likeness (QED) is 0.742. The summed E-state index contributed by atoms with van der Waals surface area (Å²) in [5.41, 5.74) is 0. The maximum Gasteiger partial charge on any atom is 0.0116 e. The molecule has 0 amide bonds. The number of nitrogens with zero attached hydrogens (tertiary/aromatic N) is 1. The molecular formula is C12H24N2. The van der Waals surface area contributed by atoms with Crippen LogP contribution < -0.4 is 5.32 Å². The van der Waals surface area contributed by atoms with Crippen molar-refractivity contribution in [1.82, 2.24) is 10.2 Å². The van der Waals surface area contributed by atoms with Crippen LogP contribution in [0.3, 0.4) is 0 Å².